The van der Waals surface area contributed by atoms with E-state index < -0.39 is 15.8 Å². The Morgan fingerprint density at radius 1 is 1.17 bits per heavy atom. The van der Waals surface area contributed by atoms with Crippen LogP contribution in [-0.4, -0.2) is 49.7 Å². The fraction of sp³-hybridized carbons (Fsp3) is 0.400. The molecule has 1 aliphatic heterocycles. The molecule has 2 aliphatic rings. The lowest BCUT2D eigenvalue weighted by molar-refractivity contribution is -0.137. The number of ether oxygens (including phenoxy) is 3. The van der Waals surface area contributed by atoms with Crippen LogP contribution in [0.2, 0.25) is 10.0 Å². The largest absolute Gasteiger partial charge is 0.492 e. The van der Waals surface area contributed by atoms with E-state index in [9.17, 15) is 13.2 Å². The highest BCUT2D eigenvalue weighted by Gasteiger charge is 2.31. The monoisotopic (exact) mass is 619 g/mol. The van der Waals surface area contributed by atoms with Crippen LogP contribution in [0, 0.1) is 13.8 Å². The summed E-state index contributed by atoms with van der Waals surface area (Å²) in [6, 6.07) is 7.83. The predicted octanol–water partition coefficient (Wildman–Crippen LogP) is 6.50. The molecule has 0 saturated carbocycles. The number of benzene rings is 2. The van der Waals surface area contributed by atoms with E-state index in [1.54, 1.807) is 12.3 Å². The molecule has 2 unspecified atom stereocenters. The van der Waals surface area contributed by atoms with Crippen LogP contribution in [0.3, 0.4) is 0 Å². The Kier molecular flexibility index (Phi) is 8.41. The zero-order valence-corrected chi connectivity index (χ0v) is 25.3. The van der Waals surface area contributed by atoms with Crippen molar-refractivity contribution in [3.05, 3.63) is 68.3 Å². The van der Waals surface area contributed by atoms with Crippen LogP contribution in [0.25, 0.3) is 11.1 Å². The number of halogens is 2. The van der Waals surface area contributed by atoms with Gasteiger partial charge in [0.2, 0.25) is 5.88 Å². The summed E-state index contributed by atoms with van der Waals surface area (Å²) in [4.78, 5) is 15.6. The molecule has 2 atom stereocenters. The lowest BCUT2D eigenvalue weighted by Gasteiger charge is -2.21. The van der Waals surface area contributed by atoms with Gasteiger partial charge in [-0.3, -0.25) is 4.79 Å². The maximum absolute atomic E-state index is 11.4. The minimum absolute atomic E-state index is 0.00316. The molecular weight excluding hydrogens is 589 g/mol. The van der Waals surface area contributed by atoms with Crippen molar-refractivity contribution in [2.75, 3.05) is 25.2 Å². The molecule has 0 amide bonds. The molecular formula is C30H31Cl2NO7S. The van der Waals surface area contributed by atoms with Crippen molar-refractivity contribution in [2.24, 2.45) is 0 Å². The number of sulfone groups is 1. The molecule has 0 spiro atoms. The topological polar surface area (TPSA) is 112 Å². The number of fused-ring (bicyclic) bond motifs is 2. The number of pyridine rings is 1. The molecule has 0 bridgehead atoms. The van der Waals surface area contributed by atoms with E-state index in [-0.39, 0.29) is 30.8 Å². The fourth-order valence-corrected chi connectivity index (χ4v) is 6.85. The van der Waals surface area contributed by atoms with Crippen LogP contribution in [0.5, 0.6) is 17.4 Å². The molecule has 41 heavy (non-hydrogen) atoms. The van der Waals surface area contributed by atoms with E-state index in [2.05, 4.69) is 17.1 Å². The Labute approximate surface area is 249 Å². The standard InChI is InChI=1S/C30H31Cl2NO7S/c1-16-27(17(2)29(32)30(28(16)31)38-10-5-11-41(3,36)37)21-7-4-6-20-19(21)8-9-23(20)40-25-13-24-22(14-33-25)18(15-39-24)12-26(34)35/h4,6-7,13-14,18,23H,5,8-12,15H2,1-3H3,(H,34,35). The first-order chi connectivity index (χ1) is 19.4. The van der Waals surface area contributed by atoms with E-state index in [1.165, 1.54) is 6.26 Å². The van der Waals surface area contributed by atoms with Crippen molar-refractivity contribution in [1.29, 1.82) is 0 Å². The number of nitrogens with zero attached hydrogens (tertiary/aromatic N) is 1. The Bertz CT molecular complexity index is 1590. The van der Waals surface area contributed by atoms with E-state index in [0.717, 1.165) is 51.8 Å². The lowest BCUT2D eigenvalue weighted by atomic mass is 9.90. The van der Waals surface area contributed by atoms with Gasteiger partial charge in [-0.2, -0.15) is 0 Å². The summed E-state index contributed by atoms with van der Waals surface area (Å²) in [6.07, 6.45) is 4.52. The molecule has 2 heterocycles. The Hall–Kier alpha value is -3.01. The van der Waals surface area contributed by atoms with Gasteiger partial charge in [0, 0.05) is 30.0 Å². The van der Waals surface area contributed by atoms with Crippen LogP contribution in [-0.2, 0) is 21.1 Å². The molecule has 3 aromatic rings. The molecule has 0 saturated heterocycles. The normalized spacial score (nSPS) is 17.6. The summed E-state index contributed by atoms with van der Waals surface area (Å²) in [7, 11) is -3.08. The van der Waals surface area contributed by atoms with Crippen molar-refractivity contribution in [1.82, 2.24) is 4.98 Å². The fourth-order valence-electron chi connectivity index (χ4n) is 5.67. The average Bonchev–Trinajstić information content (AvgIpc) is 3.50. The second-order valence-electron chi connectivity index (χ2n) is 10.6. The first-order valence-electron chi connectivity index (χ1n) is 13.4. The third kappa shape index (κ3) is 6.12. The maximum atomic E-state index is 11.4. The van der Waals surface area contributed by atoms with Crippen molar-refractivity contribution in [3.8, 4) is 28.5 Å². The minimum atomic E-state index is -3.08. The van der Waals surface area contributed by atoms with Crippen LogP contribution < -0.4 is 14.2 Å². The number of aromatic nitrogens is 1. The molecule has 218 valence electrons. The SMILES string of the molecule is Cc1c(Cl)c(OCCCS(C)(=O)=O)c(Cl)c(C)c1-c1cccc2c1CCC2Oc1cc2c(cn1)C(CC(=O)O)CO2. The van der Waals surface area contributed by atoms with Crippen LogP contribution in [0.1, 0.15) is 59.1 Å². The van der Waals surface area contributed by atoms with Gasteiger partial charge >= 0.3 is 5.97 Å². The molecule has 5 rings (SSSR count). The van der Waals surface area contributed by atoms with Gasteiger partial charge < -0.3 is 19.3 Å². The van der Waals surface area contributed by atoms with Crippen molar-refractivity contribution in [3.63, 3.8) is 0 Å². The average molecular weight is 621 g/mol. The van der Waals surface area contributed by atoms with Crippen LogP contribution in [0.4, 0.5) is 0 Å². The number of hydrogen-bond acceptors (Lipinski definition) is 7. The smallest absolute Gasteiger partial charge is 0.304 e. The summed E-state index contributed by atoms with van der Waals surface area (Å²) in [5.74, 6) is 0.348. The van der Waals surface area contributed by atoms with Crippen molar-refractivity contribution in [2.45, 2.75) is 51.6 Å². The maximum Gasteiger partial charge on any atom is 0.304 e. The van der Waals surface area contributed by atoms with E-state index >= 15 is 0 Å². The first kappa shape index (κ1) is 29.5. The third-order valence-corrected chi connectivity index (χ3v) is 9.57. The zero-order valence-electron chi connectivity index (χ0n) is 23.0. The van der Waals surface area contributed by atoms with Gasteiger partial charge in [0.1, 0.15) is 21.7 Å². The molecule has 1 aromatic heterocycles. The lowest BCUT2D eigenvalue weighted by Crippen LogP contribution is -2.09. The van der Waals surface area contributed by atoms with E-state index in [4.69, 9.17) is 42.5 Å². The summed E-state index contributed by atoms with van der Waals surface area (Å²) >= 11 is 13.5. The minimum Gasteiger partial charge on any atom is -0.492 e. The number of carboxylic acids is 1. The highest BCUT2D eigenvalue weighted by atomic mass is 35.5. The predicted molar refractivity (Wildman–Crippen MR) is 158 cm³/mol. The zero-order chi connectivity index (χ0) is 29.5. The molecule has 1 N–H and O–H groups in total. The molecule has 11 heteroatoms. The van der Waals surface area contributed by atoms with Gasteiger partial charge in [-0.25, -0.2) is 13.4 Å². The Balaban J connectivity index is 1.39. The Morgan fingerprint density at radius 2 is 1.90 bits per heavy atom. The number of aliphatic carboxylic acids is 1. The van der Waals surface area contributed by atoms with Gasteiger partial charge in [-0.05, 0) is 66.5 Å². The molecule has 1 aliphatic carbocycles. The summed E-state index contributed by atoms with van der Waals surface area (Å²) in [6.45, 7) is 4.36. The highest BCUT2D eigenvalue weighted by molar-refractivity contribution is 7.90. The summed E-state index contributed by atoms with van der Waals surface area (Å²) in [5, 5.41) is 9.96. The molecule has 2 aromatic carbocycles. The summed E-state index contributed by atoms with van der Waals surface area (Å²) in [5.41, 5.74) is 6.62. The van der Waals surface area contributed by atoms with Gasteiger partial charge in [0.05, 0.1) is 35.4 Å². The quantitative estimate of drug-likeness (QED) is 0.256. The molecule has 0 radical (unpaired) electrons. The number of carboxylic acid groups (broad SMARTS) is 1. The van der Waals surface area contributed by atoms with Crippen molar-refractivity contribution >= 4 is 39.0 Å². The highest BCUT2D eigenvalue weighted by Crippen LogP contribution is 2.48. The van der Waals surface area contributed by atoms with Gasteiger partial charge in [-0.15, -0.1) is 0 Å². The molecule has 0 fully saturated rings. The Morgan fingerprint density at radius 3 is 2.59 bits per heavy atom. The van der Waals surface area contributed by atoms with Gasteiger partial charge in [-0.1, -0.05) is 41.4 Å². The van der Waals surface area contributed by atoms with E-state index in [1.807, 2.05) is 19.9 Å². The second-order valence-corrected chi connectivity index (χ2v) is 13.6. The van der Waals surface area contributed by atoms with Crippen LogP contribution in [0.15, 0.2) is 30.5 Å². The van der Waals surface area contributed by atoms with Crippen molar-refractivity contribution < 1.29 is 32.5 Å². The first-order valence-corrected chi connectivity index (χ1v) is 16.2. The van der Waals surface area contributed by atoms with Crippen LogP contribution >= 0.6 is 23.2 Å². The summed E-state index contributed by atoms with van der Waals surface area (Å²) < 4.78 is 40.8. The van der Waals surface area contributed by atoms with Gasteiger partial charge in [0.15, 0.2) is 5.75 Å². The number of rotatable bonds is 10. The third-order valence-electron chi connectivity index (χ3n) is 7.63. The van der Waals surface area contributed by atoms with E-state index in [0.29, 0.717) is 40.5 Å². The number of hydrogen-bond donors (Lipinski definition) is 1. The van der Waals surface area contributed by atoms with Gasteiger partial charge in [0.25, 0.3) is 0 Å². The number of carbonyl (C=O) groups is 1. The molecule has 8 nitrogen and oxygen atoms in total. The second kappa shape index (κ2) is 11.7.